The number of hydrogen-bond acceptors (Lipinski definition) is 6. The molecule has 1 aromatic rings. The molecule has 0 atom stereocenters. The SMILES string of the molecule is CN1CCC=C(c2nsnc2CCCC(S)S)C1. The van der Waals surface area contributed by atoms with E-state index >= 15 is 0 Å². The third kappa shape index (κ3) is 3.98. The van der Waals surface area contributed by atoms with Crippen LogP contribution >= 0.6 is 37.0 Å². The van der Waals surface area contributed by atoms with Crippen molar-refractivity contribution in [1.29, 1.82) is 0 Å². The van der Waals surface area contributed by atoms with Crippen LogP contribution in [0.3, 0.4) is 0 Å². The molecule has 0 amide bonds. The van der Waals surface area contributed by atoms with Crippen molar-refractivity contribution in [3.8, 4) is 0 Å². The van der Waals surface area contributed by atoms with Gasteiger partial charge >= 0.3 is 0 Å². The molecule has 6 heteroatoms. The van der Waals surface area contributed by atoms with Crippen LogP contribution in [0.4, 0.5) is 0 Å². The summed E-state index contributed by atoms with van der Waals surface area (Å²) >= 11 is 9.89. The second-order valence-corrected chi connectivity index (χ2v) is 6.87. The minimum atomic E-state index is 0.167. The van der Waals surface area contributed by atoms with Gasteiger partial charge in [-0.05, 0) is 38.3 Å². The lowest BCUT2D eigenvalue weighted by Crippen LogP contribution is -2.25. The molecule has 100 valence electrons. The highest BCUT2D eigenvalue weighted by molar-refractivity contribution is 7.99. The van der Waals surface area contributed by atoms with E-state index in [0.29, 0.717) is 0 Å². The molecule has 0 saturated heterocycles. The summed E-state index contributed by atoms with van der Waals surface area (Å²) < 4.78 is 9.07. The second-order valence-electron chi connectivity index (χ2n) is 4.69. The first-order valence-electron chi connectivity index (χ1n) is 6.22. The highest BCUT2D eigenvalue weighted by Gasteiger charge is 2.17. The highest BCUT2D eigenvalue weighted by Crippen LogP contribution is 2.23. The predicted molar refractivity (Wildman–Crippen MR) is 84.7 cm³/mol. The van der Waals surface area contributed by atoms with Crippen LogP contribution in [0.15, 0.2) is 6.08 Å². The maximum atomic E-state index is 4.47. The summed E-state index contributed by atoms with van der Waals surface area (Å²) in [6, 6.07) is 0. The van der Waals surface area contributed by atoms with E-state index in [0.717, 1.165) is 50.2 Å². The van der Waals surface area contributed by atoms with E-state index in [9.17, 15) is 0 Å². The van der Waals surface area contributed by atoms with E-state index in [1.54, 1.807) is 0 Å². The van der Waals surface area contributed by atoms with Crippen molar-refractivity contribution in [2.45, 2.75) is 30.3 Å². The summed E-state index contributed by atoms with van der Waals surface area (Å²) in [6.45, 7) is 2.12. The first-order valence-corrected chi connectivity index (χ1v) is 7.98. The zero-order valence-corrected chi connectivity index (χ0v) is 13.1. The lowest BCUT2D eigenvalue weighted by atomic mass is 10.0. The van der Waals surface area contributed by atoms with Crippen molar-refractivity contribution in [3.05, 3.63) is 17.5 Å². The topological polar surface area (TPSA) is 29.0 Å². The minimum absolute atomic E-state index is 0.167. The van der Waals surface area contributed by atoms with Crippen molar-refractivity contribution in [3.63, 3.8) is 0 Å². The normalized spacial score (nSPS) is 17.2. The molecule has 0 aliphatic carbocycles. The lowest BCUT2D eigenvalue weighted by Gasteiger charge is -2.22. The average molecular weight is 302 g/mol. The van der Waals surface area contributed by atoms with Gasteiger partial charge in [0.25, 0.3) is 0 Å². The van der Waals surface area contributed by atoms with E-state index < -0.39 is 0 Å². The van der Waals surface area contributed by atoms with Crippen molar-refractivity contribution in [1.82, 2.24) is 13.6 Å². The molecule has 0 aromatic carbocycles. The zero-order chi connectivity index (χ0) is 13.0. The summed E-state index contributed by atoms with van der Waals surface area (Å²) in [5.41, 5.74) is 3.59. The fourth-order valence-electron chi connectivity index (χ4n) is 2.13. The third-order valence-electron chi connectivity index (χ3n) is 3.08. The second kappa shape index (κ2) is 6.93. The Kier molecular flexibility index (Phi) is 5.54. The van der Waals surface area contributed by atoms with Gasteiger partial charge in [0.05, 0.1) is 17.4 Å². The van der Waals surface area contributed by atoms with E-state index in [1.165, 1.54) is 17.3 Å². The van der Waals surface area contributed by atoms with Gasteiger partial charge in [-0.15, -0.1) is 0 Å². The first-order chi connectivity index (χ1) is 8.66. The fourth-order valence-corrected chi connectivity index (χ4v) is 3.12. The molecule has 3 nitrogen and oxygen atoms in total. The molecule has 0 fully saturated rings. The van der Waals surface area contributed by atoms with Gasteiger partial charge in [-0.1, -0.05) is 6.08 Å². The van der Waals surface area contributed by atoms with Crippen LogP contribution in [0, 0.1) is 0 Å². The van der Waals surface area contributed by atoms with Gasteiger partial charge in [-0.3, -0.25) is 0 Å². The predicted octanol–water partition coefficient (Wildman–Crippen LogP) is 2.77. The third-order valence-corrected chi connectivity index (χ3v) is 4.16. The van der Waals surface area contributed by atoms with Gasteiger partial charge in [-0.2, -0.15) is 34.0 Å². The van der Waals surface area contributed by atoms with Gasteiger partial charge in [0.15, 0.2) is 0 Å². The first kappa shape index (κ1) is 14.4. The number of rotatable bonds is 5. The fraction of sp³-hybridized carbons (Fsp3) is 0.667. The van der Waals surface area contributed by atoms with Crippen LogP contribution in [0.1, 0.15) is 30.7 Å². The van der Waals surface area contributed by atoms with Gasteiger partial charge in [0, 0.05) is 17.7 Å². The molecule has 0 spiro atoms. The zero-order valence-electron chi connectivity index (χ0n) is 10.5. The van der Waals surface area contributed by atoms with E-state index in [4.69, 9.17) is 0 Å². The molecule has 18 heavy (non-hydrogen) atoms. The standard InChI is InChI=1S/C12H19N3S3/c1-15-7-3-4-9(8-15)12-10(13-18-14-12)5-2-6-11(16)17/h4,11,16-17H,2-3,5-8H2,1H3. The Morgan fingerprint density at radius 2 is 2.28 bits per heavy atom. The monoisotopic (exact) mass is 301 g/mol. The van der Waals surface area contributed by atoms with Crippen LogP contribution in [0.25, 0.3) is 5.57 Å². The molecular formula is C12H19N3S3. The Bertz CT molecular complexity index is 414. The van der Waals surface area contributed by atoms with E-state index in [1.807, 2.05) is 0 Å². The quantitative estimate of drug-likeness (QED) is 0.647. The molecule has 1 aliphatic rings. The van der Waals surface area contributed by atoms with Crippen molar-refractivity contribution in [2.24, 2.45) is 0 Å². The summed E-state index contributed by atoms with van der Waals surface area (Å²) in [5.74, 6) is 0. The number of aryl methyl sites for hydroxylation is 1. The van der Waals surface area contributed by atoms with Crippen LogP contribution < -0.4 is 0 Å². The Morgan fingerprint density at radius 1 is 1.44 bits per heavy atom. The molecule has 0 unspecified atom stereocenters. The van der Waals surface area contributed by atoms with Crippen LogP contribution in [0.2, 0.25) is 0 Å². The summed E-state index contributed by atoms with van der Waals surface area (Å²) in [7, 11) is 2.15. The number of thiol groups is 2. The van der Waals surface area contributed by atoms with Gasteiger partial charge < -0.3 is 4.90 Å². The molecule has 1 aliphatic heterocycles. The molecule has 0 radical (unpaired) electrons. The number of aromatic nitrogens is 2. The van der Waals surface area contributed by atoms with Crippen molar-refractivity contribution >= 4 is 42.6 Å². The molecule has 2 heterocycles. The number of nitrogens with zero attached hydrogens (tertiary/aromatic N) is 3. The molecule has 2 rings (SSSR count). The Labute approximate surface area is 124 Å². The minimum Gasteiger partial charge on any atom is -0.302 e. The molecule has 1 aromatic heterocycles. The number of likely N-dealkylation sites (N-methyl/N-ethyl adjacent to an activating group) is 1. The molecule has 0 saturated carbocycles. The highest BCUT2D eigenvalue weighted by atomic mass is 32.2. The Hall–Kier alpha value is -0.0400. The smallest absolute Gasteiger partial charge is 0.104 e. The maximum absolute atomic E-state index is 4.47. The summed E-state index contributed by atoms with van der Waals surface area (Å²) in [4.78, 5) is 2.33. The average Bonchev–Trinajstić information content (AvgIpc) is 2.77. The van der Waals surface area contributed by atoms with Crippen LogP contribution in [-0.2, 0) is 6.42 Å². The van der Waals surface area contributed by atoms with Gasteiger partial charge in [0.2, 0.25) is 0 Å². The Morgan fingerprint density at radius 3 is 3.00 bits per heavy atom. The van der Waals surface area contributed by atoms with Crippen molar-refractivity contribution < 1.29 is 0 Å². The van der Waals surface area contributed by atoms with Crippen LogP contribution in [0.5, 0.6) is 0 Å². The van der Waals surface area contributed by atoms with Gasteiger partial charge in [-0.25, -0.2) is 0 Å². The lowest BCUT2D eigenvalue weighted by molar-refractivity contribution is 0.372. The van der Waals surface area contributed by atoms with Crippen molar-refractivity contribution in [2.75, 3.05) is 20.1 Å². The molecule has 0 bridgehead atoms. The van der Waals surface area contributed by atoms with E-state index in [2.05, 4.69) is 52.0 Å². The van der Waals surface area contributed by atoms with E-state index in [-0.39, 0.29) is 4.58 Å². The molecular weight excluding hydrogens is 282 g/mol. The number of hydrogen-bond donors (Lipinski definition) is 2. The Balaban J connectivity index is 2.01. The summed E-state index contributed by atoms with van der Waals surface area (Å²) in [6.07, 6.45) is 6.46. The van der Waals surface area contributed by atoms with Crippen LogP contribution in [-0.4, -0.2) is 38.4 Å². The largest absolute Gasteiger partial charge is 0.302 e. The summed E-state index contributed by atoms with van der Waals surface area (Å²) in [5, 5.41) is 0. The molecule has 0 N–H and O–H groups in total. The van der Waals surface area contributed by atoms with Gasteiger partial charge in [0.1, 0.15) is 5.69 Å². The maximum Gasteiger partial charge on any atom is 0.104 e.